The highest BCUT2D eigenvalue weighted by Gasteiger charge is 2.12. The van der Waals surface area contributed by atoms with Crippen LogP contribution in [-0.2, 0) is 11.3 Å². The molecule has 31 heavy (non-hydrogen) atoms. The maximum Gasteiger partial charge on any atom is 0.230 e. The monoisotopic (exact) mass is 434 g/mol. The number of thioether (sulfide) groups is 1. The lowest BCUT2D eigenvalue weighted by atomic mass is 10.1. The van der Waals surface area contributed by atoms with Gasteiger partial charge in [0, 0.05) is 24.5 Å². The van der Waals surface area contributed by atoms with Gasteiger partial charge in [-0.05, 0) is 23.8 Å². The topological polar surface area (TPSA) is 77.8 Å². The molecular formula is C23H22N4O3S. The van der Waals surface area contributed by atoms with Crippen LogP contribution in [0.3, 0.4) is 0 Å². The van der Waals surface area contributed by atoms with Crippen LogP contribution >= 0.6 is 11.8 Å². The number of ether oxygens (including phenoxy) is 2. The number of hydrogen-bond acceptors (Lipinski definition) is 6. The molecule has 0 spiro atoms. The molecular weight excluding hydrogens is 412 g/mol. The predicted octanol–water partition coefficient (Wildman–Crippen LogP) is 3.82. The molecule has 0 saturated heterocycles. The summed E-state index contributed by atoms with van der Waals surface area (Å²) in [5.41, 5.74) is 3.71. The minimum atomic E-state index is -0.0774. The molecule has 0 aliphatic rings. The van der Waals surface area contributed by atoms with Crippen LogP contribution in [0.4, 0.5) is 0 Å². The van der Waals surface area contributed by atoms with Crippen molar-refractivity contribution in [3.8, 4) is 22.8 Å². The van der Waals surface area contributed by atoms with Crippen LogP contribution in [0.2, 0.25) is 0 Å². The third kappa shape index (κ3) is 4.80. The van der Waals surface area contributed by atoms with E-state index >= 15 is 0 Å². The van der Waals surface area contributed by atoms with Gasteiger partial charge in [0.1, 0.15) is 5.03 Å². The normalized spacial score (nSPS) is 10.8. The molecule has 1 amide bonds. The van der Waals surface area contributed by atoms with Crippen LogP contribution in [0.5, 0.6) is 11.5 Å². The fraction of sp³-hybridized carbons (Fsp3) is 0.174. The van der Waals surface area contributed by atoms with Gasteiger partial charge >= 0.3 is 0 Å². The van der Waals surface area contributed by atoms with Crippen molar-refractivity contribution in [1.29, 1.82) is 0 Å². The van der Waals surface area contributed by atoms with E-state index in [1.807, 2.05) is 60.8 Å². The van der Waals surface area contributed by atoms with Crippen LogP contribution in [0.25, 0.3) is 16.8 Å². The molecule has 2 heterocycles. The minimum absolute atomic E-state index is 0.0774. The molecule has 2 aromatic heterocycles. The Morgan fingerprint density at radius 2 is 1.87 bits per heavy atom. The zero-order valence-corrected chi connectivity index (χ0v) is 18.1. The Balaban J connectivity index is 1.40. The number of rotatable bonds is 8. The van der Waals surface area contributed by atoms with Crippen molar-refractivity contribution in [2.45, 2.75) is 11.6 Å². The Morgan fingerprint density at radius 1 is 1.06 bits per heavy atom. The second-order valence-corrected chi connectivity index (χ2v) is 7.68. The van der Waals surface area contributed by atoms with Gasteiger partial charge < -0.3 is 14.8 Å². The summed E-state index contributed by atoms with van der Waals surface area (Å²) < 4.78 is 12.3. The van der Waals surface area contributed by atoms with Crippen LogP contribution in [0.15, 0.2) is 72.0 Å². The molecule has 0 fully saturated rings. The SMILES string of the molecule is COc1ccc(CNC(=O)CSc2nccn3nc(-c4ccccc4)cc23)cc1OC. The lowest BCUT2D eigenvalue weighted by Crippen LogP contribution is -2.24. The fourth-order valence-electron chi connectivity index (χ4n) is 3.14. The zero-order chi connectivity index (χ0) is 21.6. The quantitative estimate of drug-likeness (QED) is 0.425. The van der Waals surface area contributed by atoms with E-state index < -0.39 is 0 Å². The Bertz CT molecular complexity index is 1190. The molecule has 0 aliphatic carbocycles. The van der Waals surface area contributed by atoms with E-state index in [1.165, 1.54) is 11.8 Å². The molecule has 2 aromatic carbocycles. The van der Waals surface area contributed by atoms with E-state index in [0.29, 0.717) is 18.0 Å². The van der Waals surface area contributed by atoms with E-state index in [1.54, 1.807) is 24.9 Å². The van der Waals surface area contributed by atoms with E-state index in [2.05, 4.69) is 15.4 Å². The average molecular weight is 435 g/mol. The summed E-state index contributed by atoms with van der Waals surface area (Å²) in [6.45, 7) is 0.405. The number of amides is 1. The predicted molar refractivity (Wildman–Crippen MR) is 121 cm³/mol. The molecule has 0 saturated carbocycles. The standard InChI is InChI=1S/C23H22N4O3S/c1-29-20-9-8-16(12-21(20)30-2)14-25-22(28)15-31-23-19-13-18(17-6-4-3-5-7-17)26-27(19)11-10-24-23/h3-13H,14-15H2,1-2H3,(H,25,28). The molecule has 158 valence electrons. The summed E-state index contributed by atoms with van der Waals surface area (Å²) in [4.78, 5) is 16.8. The molecule has 4 aromatic rings. The Morgan fingerprint density at radius 3 is 2.65 bits per heavy atom. The average Bonchev–Trinajstić information content (AvgIpc) is 3.27. The summed E-state index contributed by atoms with van der Waals surface area (Å²) >= 11 is 1.39. The number of carbonyl (C=O) groups is 1. The molecule has 0 atom stereocenters. The third-order valence-corrected chi connectivity index (χ3v) is 5.70. The van der Waals surface area contributed by atoms with E-state index in [9.17, 15) is 4.79 Å². The number of benzene rings is 2. The summed E-state index contributed by atoms with van der Waals surface area (Å²) in [6, 6.07) is 17.5. The second kappa shape index (κ2) is 9.53. The van der Waals surface area contributed by atoms with Gasteiger partial charge in [0.15, 0.2) is 11.5 Å². The summed E-state index contributed by atoms with van der Waals surface area (Å²) in [5.74, 6) is 1.47. The fourth-order valence-corrected chi connectivity index (χ4v) is 3.94. The van der Waals surface area contributed by atoms with Gasteiger partial charge in [0.05, 0.1) is 31.2 Å². The lowest BCUT2D eigenvalue weighted by molar-refractivity contribution is -0.118. The number of nitrogens with one attached hydrogen (secondary N) is 1. The molecule has 1 N–H and O–H groups in total. The van der Waals surface area contributed by atoms with Crippen molar-refractivity contribution in [3.63, 3.8) is 0 Å². The number of nitrogens with zero attached hydrogens (tertiary/aromatic N) is 3. The first kappa shape index (κ1) is 20.7. The Labute approximate surface area is 184 Å². The van der Waals surface area contributed by atoms with Gasteiger partial charge in [0.25, 0.3) is 0 Å². The summed E-state index contributed by atoms with van der Waals surface area (Å²) in [7, 11) is 3.18. The van der Waals surface area contributed by atoms with Gasteiger partial charge in [-0.25, -0.2) is 9.50 Å². The van der Waals surface area contributed by atoms with Gasteiger partial charge in [-0.3, -0.25) is 4.79 Å². The van der Waals surface area contributed by atoms with E-state index in [0.717, 1.165) is 27.4 Å². The highest BCUT2D eigenvalue weighted by Crippen LogP contribution is 2.28. The number of methoxy groups -OCH3 is 2. The van der Waals surface area contributed by atoms with Crippen molar-refractivity contribution < 1.29 is 14.3 Å². The Hall–Kier alpha value is -3.52. The molecule has 8 heteroatoms. The Kier molecular flexibility index (Phi) is 6.37. The van der Waals surface area contributed by atoms with Gasteiger partial charge in [-0.2, -0.15) is 5.10 Å². The first-order valence-electron chi connectivity index (χ1n) is 9.68. The van der Waals surface area contributed by atoms with Crippen molar-refractivity contribution in [3.05, 3.63) is 72.6 Å². The number of hydrogen-bond donors (Lipinski definition) is 1. The summed E-state index contributed by atoms with van der Waals surface area (Å²) in [5, 5.41) is 8.31. The molecule has 0 unspecified atom stereocenters. The maximum atomic E-state index is 12.4. The highest BCUT2D eigenvalue weighted by molar-refractivity contribution is 8.00. The smallest absolute Gasteiger partial charge is 0.230 e. The van der Waals surface area contributed by atoms with E-state index in [-0.39, 0.29) is 11.7 Å². The number of fused-ring (bicyclic) bond motifs is 1. The minimum Gasteiger partial charge on any atom is -0.493 e. The third-order valence-electron chi connectivity index (χ3n) is 4.70. The number of carbonyl (C=O) groups excluding carboxylic acids is 1. The van der Waals surface area contributed by atoms with Crippen molar-refractivity contribution in [2.75, 3.05) is 20.0 Å². The molecule has 0 bridgehead atoms. The van der Waals surface area contributed by atoms with E-state index in [4.69, 9.17) is 9.47 Å². The molecule has 0 radical (unpaired) electrons. The van der Waals surface area contributed by atoms with Gasteiger partial charge in [-0.15, -0.1) is 0 Å². The number of aromatic nitrogens is 3. The maximum absolute atomic E-state index is 12.4. The highest BCUT2D eigenvalue weighted by atomic mass is 32.2. The largest absolute Gasteiger partial charge is 0.493 e. The first-order chi connectivity index (χ1) is 15.2. The zero-order valence-electron chi connectivity index (χ0n) is 17.2. The molecule has 4 rings (SSSR count). The van der Waals surface area contributed by atoms with Crippen LogP contribution in [0, 0.1) is 0 Å². The lowest BCUT2D eigenvalue weighted by Gasteiger charge is -2.10. The molecule has 7 nitrogen and oxygen atoms in total. The van der Waals surface area contributed by atoms with Crippen LogP contribution in [-0.4, -0.2) is 40.5 Å². The molecule has 0 aliphatic heterocycles. The van der Waals surface area contributed by atoms with Gasteiger partial charge in [-0.1, -0.05) is 48.2 Å². The first-order valence-corrected chi connectivity index (χ1v) is 10.7. The van der Waals surface area contributed by atoms with Crippen molar-refractivity contribution in [2.24, 2.45) is 0 Å². The van der Waals surface area contributed by atoms with Crippen LogP contribution < -0.4 is 14.8 Å². The van der Waals surface area contributed by atoms with Crippen molar-refractivity contribution >= 4 is 23.2 Å². The van der Waals surface area contributed by atoms with Crippen molar-refractivity contribution in [1.82, 2.24) is 19.9 Å². The summed E-state index contributed by atoms with van der Waals surface area (Å²) in [6.07, 6.45) is 3.50. The van der Waals surface area contributed by atoms with Gasteiger partial charge in [0.2, 0.25) is 5.91 Å². The second-order valence-electron chi connectivity index (χ2n) is 6.71. The van der Waals surface area contributed by atoms with Crippen LogP contribution in [0.1, 0.15) is 5.56 Å².